The number of anilines is 5. The van der Waals surface area contributed by atoms with Crippen LogP contribution >= 0.6 is 15.9 Å². The molecule has 152 valence electrons. The fourth-order valence-electron chi connectivity index (χ4n) is 2.36. The Morgan fingerprint density at radius 1 is 1.10 bits per heavy atom. The molecule has 0 spiro atoms. The fraction of sp³-hybridized carbons (Fsp3) is 0.111. The van der Waals surface area contributed by atoms with Gasteiger partial charge < -0.3 is 20.1 Å². The van der Waals surface area contributed by atoms with E-state index in [1.54, 1.807) is 24.4 Å². The number of aromatic nitrogens is 2. The first-order valence-corrected chi connectivity index (χ1v) is 10.6. The van der Waals surface area contributed by atoms with Gasteiger partial charge in [0.15, 0.2) is 0 Å². The average Bonchev–Trinajstić information content (AvgIpc) is 2.65. The van der Waals surface area contributed by atoms with Crippen LogP contribution < -0.4 is 20.1 Å². The average molecular weight is 484 g/mol. The van der Waals surface area contributed by atoms with E-state index in [1.807, 2.05) is 18.2 Å². The van der Waals surface area contributed by atoms with Crippen LogP contribution in [-0.2, 0) is 11.0 Å². The zero-order valence-electron chi connectivity index (χ0n) is 15.0. The third-order valence-corrected chi connectivity index (χ3v) is 4.58. The van der Waals surface area contributed by atoms with Crippen LogP contribution in [0, 0.1) is 0 Å². The van der Waals surface area contributed by atoms with E-state index in [1.165, 1.54) is 18.4 Å². The summed E-state index contributed by atoms with van der Waals surface area (Å²) in [5, 5.41) is 6.10. The first kappa shape index (κ1) is 20.9. The molecule has 1 aromatic heterocycles. The lowest BCUT2D eigenvalue weighted by Crippen LogP contribution is -2.06. The summed E-state index contributed by atoms with van der Waals surface area (Å²) in [4.78, 5) is 8.58. The molecule has 7 nitrogen and oxygen atoms in total. The molecule has 0 radical (unpaired) electrons. The van der Waals surface area contributed by atoms with Gasteiger partial charge in [0.1, 0.15) is 22.6 Å². The number of alkyl halides is 2. The minimum Gasteiger partial charge on any atom is -0.435 e. The van der Waals surface area contributed by atoms with Gasteiger partial charge in [-0.25, -0.2) is 9.19 Å². The molecule has 3 aromatic rings. The number of hydrogen-bond donors (Lipinski definition) is 3. The molecule has 3 rings (SSSR count). The quantitative estimate of drug-likeness (QED) is 0.416. The summed E-state index contributed by atoms with van der Waals surface area (Å²) >= 11 is 3.39. The molecule has 29 heavy (non-hydrogen) atoms. The van der Waals surface area contributed by atoms with Gasteiger partial charge in [0.2, 0.25) is 5.95 Å². The molecule has 0 aliphatic carbocycles. The molecular formula is C18H16BrF2N5O2S. The van der Waals surface area contributed by atoms with Gasteiger partial charge in [0, 0.05) is 24.2 Å². The lowest BCUT2D eigenvalue weighted by Gasteiger charge is -2.14. The number of nitrogens with one attached hydrogen (secondary N) is 3. The molecule has 0 amide bonds. The number of halogens is 3. The Morgan fingerprint density at radius 3 is 2.59 bits per heavy atom. The number of rotatable bonds is 8. The Kier molecular flexibility index (Phi) is 6.94. The standard InChI is InChI=1S/C18H16BrF2N5O2S/c1-29(27)26-15-8-3-2-7-14(15)24-16-13(19)10-22-18(25-16)23-11-5-4-6-12(9-11)28-17(20)21/h2-10,17,26H,1H3,(H2,22,23,24,25). The van der Waals surface area contributed by atoms with E-state index in [4.69, 9.17) is 0 Å². The molecule has 0 saturated heterocycles. The lowest BCUT2D eigenvalue weighted by molar-refractivity contribution is -0.0498. The summed E-state index contributed by atoms with van der Waals surface area (Å²) in [5.74, 6) is 0.723. The summed E-state index contributed by atoms with van der Waals surface area (Å²) in [5.41, 5.74) is 1.80. The molecule has 1 heterocycles. The second kappa shape index (κ2) is 9.61. The number of benzene rings is 2. The zero-order valence-corrected chi connectivity index (χ0v) is 17.4. The van der Waals surface area contributed by atoms with Crippen molar-refractivity contribution >= 4 is 55.7 Å². The van der Waals surface area contributed by atoms with Gasteiger partial charge >= 0.3 is 6.61 Å². The summed E-state index contributed by atoms with van der Waals surface area (Å²) in [6, 6.07) is 13.3. The van der Waals surface area contributed by atoms with Crippen LogP contribution in [0.4, 0.5) is 37.6 Å². The van der Waals surface area contributed by atoms with Gasteiger partial charge in [-0.15, -0.1) is 0 Å². The minimum absolute atomic E-state index is 0.0213. The molecule has 3 N–H and O–H groups in total. The van der Waals surface area contributed by atoms with E-state index < -0.39 is 17.6 Å². The number of hydrogen-bond acceptors (Lipinski definition) is 6. The van der Waals surface area contributed by atoms with Crippen molar-refractivity contribution in [2.75, 3.05) is 21.6 Å². The highest BCUT2D eigenvalue weighted by atomic mass is 79.9. The highest BCUT2D eigenvalue weighted by molar-refractivity contribution is 9.10. The molecule has 0 aliphatic heterocycles. The molecule has 0 fully saturated rings. The van der Waals surface area contributed by atoms with Crippen LogP contribution in [0.2, 0.25) is 0 Å². The Balaban J connectivity index is 1.82. The van der Waals surface area contributed by atoms with Gasteiger partial charge in [-0.1, -0.05) is 18.2 Å². The van der Waals surface area contributed by atoms with Gasteiger partial charge in [0.05, 0.1) is 15.8 Å². The van der Waals surface area contributed by atoms with Crippen molar-refractivity contribution in [3.05, 3.63) is 59.2 Å². The summed E-state index contributed by atoms with van der Waals surface area (Å²) < 4.78 is 44.1. The first-order valence-electron chi connectivity index (χ1n) is 8.21. The highest BCUT2D eigenvalue weighted by Gasteiger charge is 2.10. The van der Waals surface area contributed by atoms with Crippen molar-refractivity contribution in [1.29, 1.82) is 0 Å². The normalized spacial score (nSPS) is 11.8. The van der Waals surface area contributed by atoms with Crippen LogP contribution in [0.3, 0.4) is 0 Å². The van der Waals surface area contributed by atoms with Crippen molar-refractivity contribution in [1.82, 2.24) is 9.97 Å². The van der Waals surface area contributed by atoms with E-state index in [2.05, 4.69) is 46.0 Å². The van der Waals surface area contributed by atoms with E-state index in [0.29, 0.717) is 27.4 Å². The molecule has 1 unspecified atom stereocenters. The molecule has 2 aromatic carbocycles. The second-order valence-corrected chi connectivity index (χ2v) is 7.61. The molecular weight excluding hydrogens is 468 g/mol. The van der Waals surface area contributed by atoms with Crippen molar-refractivity contribution < 1.29 is 17.7 Å². The van der Waals surface area contributed by atoms with Crippen LogP contribution in [0.5, 0.6) is 5.75 Å². The van der Waals surface area contributed by atoms with Crippen LogP contribution in [-0.4, -0.2) is 27.0 Å². The van der Waals surface area contributed by atoms with Gasteiger partial charge in [-0.3, -0.25) is 0 Å². The topological polar surface area (TPSA) is 88.2 Å². The number of ether oxygens (including phenoxy) is 1. The van der Waals surface area contributed by atoms with E-state index in [0.717, 1.165) is 0 Å². The second-order valence-electron chi connectivity index (χ2n) is 5.65. The van der Waals surface area contributed by atoms with Crippen LogP contribution in [0.25, 0.3) is 0 Å². The van der Waals surface area contributed by atoms with Crippen molar-refractivity contribution in [3.63, 3.8) is 0 Å². The number of nitrogens with zero attached hydrogens (tertiary/aromatic N) is 2. The molecule has 1 atom stereocenters. The first-order chi connectivity index (χ1) is 13.9. The van der Waals surface area contributed by atoms with E-state index >= 15 is 0 Å². The molecule has 0 bridgehead atoms. The van der Waals surface area contributed by atoms with Gasteiger partial charge in [-0.05, 0) is 40.2 Å². The maximum absolute atomic E-state index is 12.4. The van der Waals surface area contributed by atoms with Gasteiger partial charge in [0.25, 0.3) is 0 Å². The minimum atomic E-state index is -2.91. The molecule has 11 heteroatoms. The van der Waals surface area contributed by atoms with Crippen molar-refractivity contribution in [3.8, 4) is 5.75 Å². The highest BCUT2D eigenvalue weighted by Crippen LogP contribution is 2.30. The Bertz CT molecular complexity index is 1030. The summed E-state index contributed by atoms with van der Waals surface area (Å²) in [6.07, 6.45) is 3.08. The summed E-state index contributed by atoms with van der Waals surface area (Å²) in [7, 11) is -1.24. The Hall–Kier alpha value is -2.79. The Morgan fingerprint density at radius 2 is 1.86 bits per heavy atom. The maximum atomic E-state index is 12.4. The van der Waals surface area contributed by atoms with E-state index in [9.17, 15) is 13.0 Å². The summed E-state index contributed by atoms with van der Waals surface area (Å²) in [6.45, 7) is -2.91. The fourth-order valence-corrected chi connectivity index (χ4v) is 3.14. The SMILES string of the molecule is CS(=O)Nc1ccccc1Nc1nc(Nc2cccc(OC(F)F)c2)ncc1Br. The zero-order chi connectivity index (χ0) is 20.8. The van der Waals surface area contributed by atoms with Crippen LogP contribution in [0.15, 0.2) is 59.2 Å². The largest absolute Gasteiger partial charge is 0.435 e. The van der Waals surface area contributed by atoms with Crippen LogP contribution in [0.1, 0.15) is 0 Å². The lowest BCUT2D eigenvalue weighted by atomic mass is 10.2. The van der Waals surface area contributed by atoms with E-state index in [-0.39, 0.29) is 11.7 Å². The monoisotopic (exact) mass is 483 g/mol. The van der Waals surface area contributed by atoms with Crippen molar-refractivity contribution in [2.45, 2.75) is 6.61 Å². The molecule has 0 aliphatic rings. The third kappa shape index (κ3) is 6.09. The number of para-hydroxylation sites is 2. The maximum Gasteiger partial charge on any atom is 0.387 e. The van der Waals surface area contributed by atoms with Gasteiger partial charge in [-0.2, -0.15) is 13.8 Å². The Labute approximate surface area is 176 Å². The van der Waals surface area contributed by atoms with Crippen molar-refractivity contribution in [2.24, 2.45) is 0 Å². The predicted molar refractivity (Wildman–Crippen MR) is 114 cm³/mol. The molecule has 0 saturated carbocycles. The predicted octanol–water partition coefficient (Wildman–Crippen LogP) is 5.03. The smallest absolute Gasteiger partial charge is 0.387 e. The third-order valence-electron chi connectivity index (χ3n) is 3.49.